The van der Waals surface area contributed by atoms with Crippen molar-refractivity contribution in [1.82, 2.24) is 29.6 Å². The van der Waals surface area contributed by atoms with Gasteiger partial charge in [0.25, 0.3) is 0 Å². The predicted molar refractivity (Wildman–Crippen MR) is 152 cm³/mol. The molecule has 2 bridgehead atoms. The van der Waals surface area contributed by atoms with Crippen LogP contribution in [0.1, 0.15) is 37.1 Å². The lowest BCUT2D eigenvalue weighted by atomic mass is 10.0. The van der Waals surface area contributed by atoms with Gasteiger partial charge in [-0.1, -0.05) is 12.6 Å². The van der Waals surface area contributed by atoms with E-state index in [4.69, 9.17) is 9.47 Å². The summed E-state index contributed by atoms with van der Waals surface area (Å²) < 4.78 is 14.4. The third-order valence-electron chi connectivity index (χ3n) is 7.86. The number of ether oxygens (including phenoxy) is 2. The lowest BCUT2D eigenvalue weighted by Crippen LogP contribution is -2.43. The van der Waals surface area contributed by atoms with Crippen molar-refractivity contribution in [3.05, 3.63) is 78.9 Å². The normalized spacial score (nSPS) is 21.2. The van der Waals surface area contributed by atoms with Gasteiger partial charge in [-0.15, -0.1) is 0 Å². The zero-order valence-electron chi connectivity index (χ0n) is 22.5. The van der Waals surface area contributed by atoms with Gasteiger partial charge in [-0.2, -0.15) is 5.10 Å². The summed E-state index contributed by atoms with van der Waals surface area (Å²) in [7, 11) is 4.08. The first-order valence-electron chi connectivity index (χ1n) is 13.3. The molecule has 0 spiro atoms. The van der Waals surface area contributed by atoms with E-state index in [0.29, 0.717) is 29.5 Å². The maximum absolute atomic E-state index is 6.63. The molecule has 0 saturated carbocycles. The molecule has 2 aliphatic heterocycles. The molecule has 4 heterocycles. The summed E-state index contributed by atoms with van der Waals surface area (Å²) in [5.74, 6) is 3.53. The lowest BCUT2D eigenvalue weighted by molar-refractivity contribution is 0.0671. The minimum atomic E-state index is 0.199. The number of nitrogens with zero attached hydrogens (tertiary/aromatic N) is 6. The van der Waals surface area contributed by atoms with Gasteiger partial charge in [0.2, 0.25) is 0 Å². The van der Waals surface area contributed by atoms with Crippen LogP contribution in [0.15, 0.2) is 67.5 Å². The van der Waals surface area contributed by atoms with E-state index < -0.39 is 0 Å². The summed E-state index contributed by atoms with van der Waals surface area (Å²) in [6.07, 6.45) is 11.4. The quantitative estimate of drug-likeness (QED) is 0.242. The van der Waals surface area contributed by atoms with Crippen LogP contribution in [-0.2, 0) is 7.05 Å². The maximum atomic E-state index is 6.63. The van der Waals surface area contributed by atoms with E-state index in [1.807, 2.05) is 50.4 Å². The topological polar surface area (TPSA) is 90.2 Å². The molecule has 2 aromatic heterocycles. The highest BCUT2D eigenvalue weighted by molar-refractivity contribution is 5.95. The standard InChI is InChI=1S/C30H33N7O2/c1-5-23(16-28-32-18-34-37(28)4)38-26-12-9-20(13-19(26)2)35-30-29-25(31-17-33-30)7-6-8-27(29)39-24-14-21-10-11-22(15-24)36(21)3/h5-9,12-13,16-18,21-22,24H,1,10-11,14-15H2,2-4H3,(H,31,33,35)/b23-16+/t21-,22+,24-. The van der Waals surface area contributed by atoms with Crippen molar-refractivity contribution in [3.63, 3.8) is 0 Å². The van der Waals surface area contributed by atoms with Crippen molar-refractivity contribution >= 4 is 28.5 Å². The number of benzene rings is 2. The van der Waals surface area contributed by atoms with E-state index in [9.17, 15) is 0 Å². The van der Waals surface area contributed by atoms with Crippen LogP contribution in [0.4, 0.5) is 11.5 Å². The highest BCUT2D eigenvalue weighted by Gasteiger charge is 2.39. The fourth-order valence-electron chi connectivity index (χ4n) is 5.71. The first-order chi connectivity index (χ1) is 19.0. The van der Waals surface area contributed by atoms with Crippen LogP contribution >= 0.6 is 0 Å². The first-order valence-corrected chi connectivity index (χ1v) is 13.3. The summed E-state index contributed by atoms with van der Waals surface area (Å²) >= 11 is 0. The third-order valence-corrected chi connectivity index (χ3v) is 7.86. The Kier molecular flexibility index (Phi) is 6.74. The molecule has 2 fully saturated rings. The van der Waals surface area contributed by atoms with Gasteiger partial charge in [-0.05, 0) is 81.6 Å². The summed E-state index contributed by atoms with van der Waals surface area (Å²) in [5.41, 5.74) is 2.70. The van der Waals surface area contributed by atoms with Gasteiger partial charge in [-0.25, -0.2) is 19.6 Å². The number of piperidine rings is 1. The molecule has 2 aromatic carbocycles. The minimum absolute atomic E-state index is 0.199. The van der Waals surface area contributed by atoms with Crippen LogP contribution < -0.4 is 14.8 Å². The largest absolute Gasteiger partial charge is 0.489 e. The summed E-state index contributed by atoms with van der Waals surface area (Å²) in [5, 5.41) is 8.48. The number of allylic oxidation sites excluding steroid dienone is 1. The highest BCUT2D eigenvalue weighted by Crippen LogP contribution is 2.38. The molecular weight excluding hydrogens is 490 g/mol. The summed E-state index contributed by atoms with van der Waals surface area (Å²) in [6, 6.07) is 13.2. The monoisotopic (exact) mass is 523 g/mol. The van der Waals surface area contributed by atoms with Crippen LogP contribution in [0.2, 0.25) is 0 Å². The van der Waals surface area contributed by atoms with Gasteiger partial charge in [0.1, 0.15) is 41.8 Å². The molecule has 0 radical (unpaired) electrons. The fourth-order valence-corrected chi connectivity index (χ4v) is 5.71. The van der Waals surface area contributed by atoms with Crippen LogP contribution in [-0.4, -0.2) is 54.9 Å². The van der Waals surface area contributed by atoms with Crippen LogP contribution in [0.5, 0.6) is 11.5 Å². The SMILES string of the molecule is C=C/C(=C\c1ncnn1C)Oc1ccc(Nc2ncnc3cccc(O[C@@H]4C[C@H]5CC[C@@H](C4)N5C)c23)cc1C. The molecule has 9 heteroatoms. The zero-order valence-corrected chi connectivity index (χ0v) is 22.5. The first kappa shape index (κ1) is 25.1. The van der Waals surface area contributed by atoms with Crippen LogP contribution in [0.25, 0.3) is 17.0 Å². The maximum Gasteiger partial charge on any atom is 0.154 e. The molecular formula is C30H33N7O2. The van der Waals surface area contributed by atoms with Crippen molar-refractivity contribution in [2.45, 2.75) is 50.8 Å². The number of rotatable bonds is 8. The fraction of sp³-hybridized carbons (Fsp3) is 0.333. The molecule has 4 aromatic rings. The van der Waals surface area contributed by atoms with Gasteiger partial charge < -0.3 is 19.7 Å². The highest BCUT2D eigenvalue weighted by atomic mass is 16.5. The Morgan fingerprint density at radius 3 is 2.56 bits per heavy atom. The van der Waals surface area contributed by atoms with E-state index in [-0.39, 0.29) is 6.10 Å². The Balaban J connectivity index is 1.23. The molecule has 0 aliphatic carbocycles. The van der Waals surface area contributed by atoms with Crippen molar-refractivity contribution in [3.8, 4) is 11.5 Å². The van der Waals surface area contributed by atoms with Gasteiger partial charge in [0.05, 0.1) is 10.9 Å². The van der Waals surface area contributed by atoms with Crippen LogP contribution in [0, 0.1) is 6.92 Å². The molecule has 6 rings (SSSR count). The Labute approximate surface area is 228 Å². The molecule has 2 saturated heterocycles. The Morgan fingerprint density at radius 1 is 1.03 bits per heavy atom. The van der Waals surface area contributed by atoms with E-state index in [1.165, 1.54) is 19.2 Å². The predicted octanol–water partition coefficient (Wildman–Crippen LogP) is 5.42. The zero-order chi connectivity index (χ0) is 26.9. The molecule has 200 valence electrons. The van der Waals surface area contributed by atoms with Crippen LogP contribution in [0.3, 0.4) is 0 Å². The summed E-state index contributed by atoms with van der Waals surface area (Å²) in [6.45, 7) is 5.88. The number of aromatic nitrogens is 5. The second kappa shape index (κ2) is 10.5. The van der Waals surface area contributed by atoms with E-state index in [1.54, 1.807) is 23.2 Å². The van der Waals surface area contributed by atoms with Crippen molar-refractivity contribution in [1.29, 1.82) is 0 Å². The van der Waals surface area contributed by atoms with E-state index in [0.717, 1.165) is 46.5 Å². The van der Waals surface area contributed by atoms with Crippen molar-refractivity contribution in [2.75, 3.05) is 12.4 Å². The Morgan fingerprint density at radius 2 is 1.85 bits per heavy atom. The Hall–Kier alpha value is -4.24. The molecule has 0 unspecified atom stereocenters. The minimum Gasteiger partial charge on any atom is -0.489 e. The second-order valence-corrected chi connectivity index (χ2v) is 10.3. The number of hydrogen-bond donors (Lipinski definition) is 1. The number of anilines is 2. The number of aryl methyl sites for hydroxylation is 2. The van der Waals surface area contributed by atoms with E-state index in [2.05, 4.69) is 43.9 Å². The third kappa shape index (κ3) is 5.09. The lowest BCUT2D eigenvalue weighted by Gasteiger charge is -2.36. The average Bonchev–Trinajstić information content (AvgIpc) is 3.41. The number of hydrogen-bond acceptors (Lipinski definition) is 8. The second-order valence-electron chi connectivity index (χ2n) is 10.3. The Bertz CT molecular complexity index is 1530. The number of nitrogens with one attached hydrogen (secondary N) is 1. The summed E-state index contributed by atoms with van der Waals surface area (Å²) in [4.78, 5) is 15.9. The van der Waals surface area contributed by atoms with Gasteiger partial charge in [0, 0.05) is 30.9 Å². The molecule has 3 atom stereocenters. The molecule has 0 amide bonds. The molecule has 2 aliphatic rings. The number of fused-ring (bicyclic) bond motifs is 3. The smallest absolute Gasteiger partial charge is 0.154 e. The molecule has 9 nitrogen and oxygen atoms in total. The molecule has 39 heavy (non-hydrogen) atoms. The van der Waals surface area contributed by atoms with E-state index >= 15 is 0 Å². The van der Waals surface area contributed by atoms with Gasteiger partial charge >= 0.3 is 0 Å². The van der Waals surface area contributed by atoms with Gasteiger partial charge in [-0.3, -0.25) is 0 Å². The van der Waals surface area contributed by atoms with Crippen molar-refractivity contribution < 1.29 is 9.47 Å². The van der Waals surface area contributed by atoms with Gasteiger partial charge in [0.15, 0.2) is 5.82 Å². The average molecular weight is 524 g/mol. The van der Waals surface area contributed by atoms with Crippen molar-refractivity contribution in [2.24, 2.45) is 7.05 Å². The molecule has 1 N–H and O–H groups in total.